The molecule has 0 unspecified atom stereocenters. The van der Waals surface area contributed by atoms with Gasteiger partial charge in [0.15, 0.2) is 5.82 Å². The van der Waals surface area contributed by atoms with Crippen molar-refractivity contribution in [2.24, 2.45) is 0 Å². The summed E-state index contributed by atoms with van der Waals surface area (Å²) < 4.78 is 10.1. The van der Waals surface area contributed by atoms with Crippen LogP contribution < -0.4 is 0 Å². The number of aromatic nitrogens is 2. The summed E-state index contributed by atoms with van der Waals surface area (Å²) in [7, 11) is 0. The van der Waals surface area contributed by atoms with E-state index in [4.69, 9.17) is 9.26 Å². The molecule has 0 fully saturated rings. The minimum Gasteiger partial charge on any atom is -0.465 e. The maximum atomic E-state index is 11.5. The Hall–Kier alpha value is -1.43. The maximum absolute atomic E-state index is 11.5. The average Bonchev–Trinajstić information content (AvgIpc) is 2.77. The van der Waals surface area contributed by atoms with Crippen LogP contribution in [0.3, 0.4) is 0 Å². The summed E-state index contributed by atoms with van der Waals surface area (Å²) in [6.45, 7) is 10.9. The summed E-state index contributed by atoms with van der Waals surface area (Å²) in [5.74, 6) is 1.19. The third-order valence-corrected chi connectivity index (χ3v) is 2.69. The van der Waals surface area contributed by atoms with Gasteiger partial charge in [-0.3, -0.25) is 9.69 Å². The molecule has 0 aliphatic heterocycles. The molecule has 0 radical (unpaired) electrons. The Bertz CT molecular complexity index is 402. The highest BCUT2D eigenvalue weighted by molar-refractivity contribution is 5.71. The van der Waals surface area contributed by atoms with Crippen LogP contribution in [0, 0.1) is 0 Å². The van der Waals surface area contributed by atoms with Gasteiger partial charge in [-0.2, -0.15) is 4.98 Å². The van der Waals surface area contributed by atoms with Crippen molar-refractivity contribution in [3.05, 3.63) is 11.7 Å². The van der Waals surface area contributed by atoms with Crippen molar-refractivity contribution in [1.82, 2.24) is 15.0 Å². The maximum Gasteiger partial charge on any atom is 0.320 e. The standard InChI is InChI=1S/C13H23N3O3/c1-6-18-12(17)8-16(10(4)5)7-11-14-13(9(2)3)19-15-11/h9-10H,6-8H2,1-5H3. The van der Waals surface area contributed by atoms with Gasteiger partial charge < -0.3 is 9.26 Å². The minimum absolute atomic E-state index is 0.199. The van der Waals surface area contributed by atoms with Crippen LogP contribution in [0.1, 0.15) is 52.3 Å². The molecule has 19 heavy (non-hydrogen) atoms. The van der Waals surface area contributed by atoms with Crippen LogP contribution in [0.4, 0.5) is 0 Å². The molecule has 6 heteroatoms. The lowest BCUT2D eigenvalue weighted by Crippen LogP contribution is -2.36. The van der Waals surface area contributed by atoms with Gasteiger partial charge in [0.05, 0.1) is 19.7 Å². The summed E-state index contributed by atoms with van der Waals surface area (Å²) in [6, 6.07) is 0.199. The molecule has 0 aliphatic carbocycles. The highest BCUT2D eigenvalue weighted by Crippen LogP contribution is 2.12. The van der Waals surface area contributed by atoms with E-state index in [1.54, 1.807) is 6.92 Å². The summed E-state index contributed by atoms with van der Waals surface area (Å²) in [4.78, 5) is 17.8. The number of ether oxygens (including phenoxy) is 1. The fourth-order valence-corrected chi connectivity index (χ4v) is 1.54. The van der Waals surface area contributed by atoms with E-state index in [1.807, 2.05) is 32.6 Å². The molecule has 0 aromatic carbocycles. The first kappa shape index (κ1) is 15.6. The van der Waals surface area contributed by atoms with E-state index in [9.17, 15) is 4.79 Å². The molecule has 108 valence electrons. The SMILES string of the molecule is CCOC(=O)CN(Cc1noc(C(C)C)n1)C(C)C. The first-order valence-corrected chi connectivity index (χ1v) is 6.66. The predicted molar refractivity (Wildman–Crippen MR) is 70.6 cm³/mol. The Balaban J connectivity index is 2.64. The number of hydrogen-bond acceptors (Lipinski definition) is 6. The van der Waals surface area contributed by atoms with E-state index in [2.05, 4.69) is 10.1 Å². The number of rotatable bonds is 7. The van der Waals surface area contributed by atoms with Crippen LogP contribution in [-0.4, -0.2) is 40.2 Å². The van der Waals surface area contributed by atoms with Crippen molar-refractivity contribution in [1.29, 1.82) is 0 Å². The van der Waals surface area contributed by atoms with Crippen molar-refractivity contribution in [3.8, 4) is 0 Å². The van der Waals surface area contributed by atoms with Gasteiger partial charge in [0.2, 0.25) is 5.89 Å². The van der Waals surface area contributed by atoms with Crippen LogP contribution in [0.25, 0.3) is 0 Å². The van der Waals surface area contributed by atoms with Crippen molar-refractivity contribution >= 4 is 5.97 Å². The first-order chi connectivity index (χ1) is 8.93. The highest BCUT2D eigenvalue weighted by Gasteiger charge is 2.18. The van der Waals surface area contributed by atoms with Crippen LogP contribution in [0.15, 0.2) is 4.52 Å². The molecule has 1 heterocycles. The minimum atomic E-state index is -0.233. The largest absolute Gasteiger partial charge is 0.465 e. The van der Waals surface area contributed by atoms with E-state index >= 15 is 0 Å². The first-order valence-electron chi connectivity index (χ1n) is 6.66. The van der Waals surface area contributed by atoms with E-state index in [0.29, 0.717) is 24.9 Å². The lowest BCUT2D eigenvalue weighted by Gasteiger charge is -2.23. The topological polar surface area (TPSA) is 68.5 Å². The average molecular weight is 269 g/mol. The normalized spacial score (nSPS) is 11.6. The highest BCUT2D eigenvalue weighted by atomic mass is 16.5. The van der Waals surface area contributed by atoms with Gasteiger partial charge in [-0.25, -0.2) is 0 Å². The second kappa shape index (κ2) is 7.23. The zero-order chi connectivity index (χ0) is 14.4. The van der Waals surface area contributed by atoms with Gasteiger partial charge in [-0.1, -0.05) is 19.0 Å². The molecule has 0 atom stereocenters. The van der Waals surface area contributed by atoms with E-state index < -0.39 is 0 Å². The number of hydrogen-bond donors (Lipinski definition) is 0. The van der Waals surface area contributed by atoms with Crippen LogP contribution in [0.2, 0.25) is 0 Å². The van der Waals surface area contributed by atoms with Crippen molar-refractivity contribution in [2.75, 3.05) is 13.2 Å². The molecular weight excluding hydrogens is 246 g/mol. The molecule has 0 saturated heterocycles. The van der Waals surface area contributed by atoms with E-state index in [0.717, 1.165) is 0 Å². The smallest absolute Gasteiger partial charge is 0.320 e. The summed E-state index contributed by atoms with van der Waals surface area (Å²) in [5.41, 5.74) is 0. The molecule has 0 aliphatic rings. The summed E-state index contributed by atoms with van der Waals surface area (Å²) >= 11 is 0. The number of esters is 1. The van der Waals surface area contributed by atoms with Crippen molar-refractivity contribution in [2.45, 2.75) is 53.1 Å². The Morgan fingerprint density at radius 3 is 2.53 bits per heavy atom. The van der Waals surface area contributed by atoms with Gasteiger partial charge in [0.1, 0.15) is 0 Å². The molecule has 0 bridgehead atoms. The predicted octanol–water partition coefficient (Wildman–Crippen LogP) is 1.97. The summed E-state index contributed by atoms with van der Waals surface area (Å²) in [6.07, 6.45) is 0. The van der Waals surface area contributed by atoms with Crippen LogP contribution >= 0.6 is 0 Å². The molecule has 1 rings (SSSR count). The lowest BCUT2D eigenvalue weighted by molar-refractivity contribution is -0.145. The Morgan fingerprint density at radius 2 is 2.05 bits per heavy atom. The fourth-order valence-electron chi connectivity index (χ4n) is 1.54. The molecule has 0 saturated carbocycles. The molecule has 0 amide bonds. The zero-order valence-corrected chi connectivity index (χ0v) is 12.3. The second-order valence-electron chi connectivity index (χ2n) is 5.01. The fraction of sp³-hybridized carbons (Fsp3) is 0.769. The third kappa shape index (κ3) is 4.98. The molecule has 0 N–H and O–H groups in total. The molecule has 6 nitrogen and oxygen atoms in total. The molecular formula is C13H23N3O3. The van der Waals surface area contributed by atoms with E-state index in [-0.39, 0.29) is 24.5 Å². The Labute approximate surface area is 114 Å². The monoisotopic (exact) mass is 269 g/mol. The van der Waals surface area contributed by atoms with Crippen molar-refractivity contribution < 1.29 is 14.1 Å². The Kier molecular flexibility index (Phi) is 5.95. The van der Waals surface area contributed by atoms with Gasteiger partial charge in [0, 0.05) is 12.0 Å². The number of nitrogens with zero attached hydrogens (tertiary/aromatic N) is 3. The van der Waals surface area contributed by atoms with Gasteiger partial charge >= 0.3 is 5.97 Å². The van der Waals surface area contributed by atoms with Gasteiger partial charge in [0.25, 0.3) is 0 Å². The van der Waals surface area contributed by atoms with Gasteiger partial charge in [-0.15, -0.1) is 0 Å². The van der Waals surface area contributed by atoms with Crippen LogP contribution in [-0.2, 0) is 16.1 Å². The zero-order valence-electron chi connectivity index (χ0n) is 12.3. The van der Waals surface area contributed by atoms with Crippen LogP contribution in [0.5, 0.6) is 0 Å². The van der Waals surface area contributed by atoms with E-state index in [1.165, 1.54) is 0 Å². The number of carbonyl (C=O) groups is 1. The quantitative estimate of drug-likeness (QED) is 0.705. The molecule has 0 spiro atoms. The summed E-state index contributed by atoms with van der Waals surface area (Å²) in [5, 5.41) is 3.93. The van der Waals surface area contributed by atoms with Gasteiger partial charge in [-0.05, 0) is 20.8 Å². The third-order valence-electron chi connectivity index (χ3n) is 2.69. The number of carbonyl (C=O) groups excluding carboxylic acids is 1. The molecule has 1 aromatic rings. The molecule has 1 aromatic heterocycles. The second-order valence-corrected chi connectivity index (χ2v) is 5.01. The lowest BCUT2D eigenvalue weighted by atomic mass is 10.2. The Morgan fingerprint density at radius 1 is 1.37 bits per heavy atom. The van der Waals surface area contributed by atoms with Crippen molar-refractivity contribution in [3.63, 3.8) is 0 Å².